The Morgan fingerprint density at radius 1 is 1.21 bits per heavy atom. The normalized spacial score (nSPS) is 20.5. The van der Waals surface area contributed by atoms with E-state index >= 15 is 0 Å². The Hall–Kier alpha value is -1.43. The number of benzene rings is 1. The van der Waals surface area contributed by atoms with Crippen LogP contribution in [0.15, 0.2) is 12.1 Å². The molecule has 1 saturated heterocycles. The topological polar surface area (TPSA) is 52.5 Å². The monoisotopic (exact) mass is 275 g/mol. The lowest BCUT2D eigenvalue weighted by Crippen LogP contribution is -2.30. The molecule has 1 aliphatic rings. The van der Waals surface area contributed by atoms with E-state index < -0.39 is 23.2 Å². The van der Waals surface area contributed by atoms with Crippen LogP contribution in [0.1, 0.15) is 24.0 Å². The van der Waals surface area contributed by atoms with Crippen molar-refractivity contribution in [1.29, 1.82) is 0 Å². The van der Waals surface area contributed by atoms with Gasteiger partial charge in [-0.1, -0.05) is 6.07 Å². The Morgan fingerprint density at radius 3 is 2.53 bits per heavy atom. The van der Waals surface area contributed by atoms with E-state index in [0.29, 0.717) is 12.0 Å². The highest BCUT2D eigenvalue weighted by Crippen LogP contribution is 2.42. The van der Waals surface area contributed by atoms with E-state index in [1.54, 1.807) is 0 Å². The lowest BCUT2D eigenvalue weighted by molar-refractivity contribution is -0.138. The molecule has 1 atom stereocenters. The second kappa shape index (κ2) is 5.28. The zero-order valence-electron chi connectivity index (χ0n) is 10.3. The molecule has 3 N–H and O–H groups in total. The molecule has 0 aromatic heterocycles. The van der Waals surface area contributed by atoms with Crippen molar-refractivity contribution < 1.29 is 23.4 Å². The molecular weight excluding hydrogens is 259 g/mol. The summed E-state index contributed by atoms with van der Waals surface area (Å²) in [6, 6.07) is 2.06. The van der Waals surface area contributed by atoms with Gasteiger partial charge < -0.3 is 15.5 Å². The Kier molecular flexibility index (Phi) is 3.89. The lowest BCUT2D eigenvalue weighted by Gasteiger charge is -2.23. The van der Waals surface area contributed by atoms with Gasteiger partial charge in [-0.2, -0.15) is 13.2 Å². The van der Waals surface area contributed by atoms with Gasteiger partial charge in [-0.25, -0.2) is 0 Å². The maximum absolute atomic E-state index is 12.5. The van der Waals surface area contributed by atoms with Gasteiger partial charge in [0.25, 0.3) is 0 Å². The largest absolute Gasteiger partial charge is 0.504 e. The molecule has 1 unspecified atom stereocenters. The summed E-state index contributed by atoms with van der Waals surface area (Å²) in [5.74, 6) is -1.45. The van der Waals surface area contributed by atoms with Crippen molar-refractivity contribution in [2.24, 2.45) is 5.92 Å². The van der Waals surface area contributed by atoms with Crippen molar-refractivity contribution in [2.75, 3.05) is 13.1 Å². The molecule has 0 radical (unpaired) electrons. The van der Waals surface area contributed by atoms with Crippen molar-refractivity contribution in [2.45, 2.75) is 25.4 Å². The summed E-state index contributed by atoms with van der Waals surface area (Å²) < 4.78 is 37.6. The first-order valence-corrected chi connectivity index (χ1v) is 6.21. The molecule has 1 fully saturated rings. The molecule has 1 aromatic rings. The van der Waals surface area contributed by atoms with E-state index in [0.717, 1.165) is 32.0 Å². The van der Waals surface area contributed by atoms with Crippen LogP contribution in [0.25, 0.3) is 0 Å². The van der Waals surface area contributed by atoms with Gasteiger partial charge in [0.05, 0.1) is 0 Å². The molecule has 3 nitrogen and oxygen atoms in total. The zero-order valence-corrected chi connectivity index (χ0v) is 10.3. The number of hydrogen-bond acceptors (Lipinski definition) is 3. The van der Waals surface area contributed by atoms with Gasteiger partial charge in [0.2, 0.25) is 0 Å². The fraction of sp³-hybridized carbons (Fsp3) is 0.538. The number of rotatable bonds is 2. The van der Waals surface area contributed by atoms with E-state index in [1.807, 2.05) is 0 Å². The molecular formula is C13H16F3NO2. The van der Waals surface area contributed by atoms with Gasteiger partial charge in [0.15, 0.2) is 11.5 Å². The number of halogens is 3. The maximum Gasteiger partial charge on any atom is 0.420 e. The van der Waals surface area contributed by atoms with Gasteiger partial charge in [0, 0.05) is 0 Å². The zero-order chi connectivity index (χ0) is 14.0. The van der Waals surface area contributed by atoms with Crippen LogP contribution in [0.4, 0.5) is 13.2 Å². The summed E-state index contributed by atoms with van der Waals surface area (Å²) in [6.45, 7) is 1.72. The molecule has 19 heavy (non-hydrogen) atoms. The van der Waals surface area contributed by atoms with Crippen molar-refractivity contribution in [3.05, 3.63) is 23.3 Å². The molecule has 6 heteroatoms. The van der Waals surface area contributed by atoms with E-state index in [4.69, 9.17) is 0 Å². The molecule has 1 heterocycles. The number of phenols is 2. The second-order valence-electron chi connectivity index (χ2n) is 4.88. The third kappa shape index (κ3) is 3.12. The smallest absolute Gasteiger partial charge is 0.420 e. The molecule has 0 saturated carbocycles. The lowest BCUT2D eigenvalue weighted by atomic mass is 9.91. The fourth-order valence-electron chi connectivity index (χ4n) is 2.42. The number of piperidine rings is 1. The first kappa shape index (κ1) is 14.0. The Morgan fingerprint density at radius 2 is 1.95 bits per heavy atom. The van der Waals surface area contributed by atoms with Crippen LogP contribution >= 0.6 is 0 Å². The predicted molar refractivity (Wildman–Crippen MR) is 64.1 cm³/mol. The molecule has 1 aromatic carbocycles. The highest BCUT2D eigenvalue weighted by atomic mass is 19.4. The summed E-state index contributed by atoms with van der Waals surface area (Å²) in [4.78, 5) is 0. The third-order valence-corrected chi connectivity index (χ3v) is 3.45. The highest BCUT2D eigenvalue weighted by Gasteiger charge is 2.35. The molecule has 106 valence electrons. The van der Waals surface area contributed by atoms with Gasteiger partial charge >= 0.3 is 6.18 Å². The number of hydrogen-bond donors (Lipinski definition) is 3. The maximum atomic E-state index is 12.5. The fourth-order valence-corrected chi connectivity index (χ4v) is 2.42. The van der Waals surface area contributed by atoms with Crippen LogP contribution in [0.2, 0.25) is 0 Å². The quantitative estimate of drug-likeness (QED) is 0.727. The Bertz CT molecular complexity index is 454. The second-order valence-corrected chi connectivity index (χ2v) is 4.88. The standard InChI is InChI=1S/C13H16F3NO2/c14-13(15,16)10-4-3-9(11(18)12(10)19)6-8-2-1-5-17-7-8/h3-4,8,17-19H,1-2,5-7H2. The first-order valence-electron chi connectivity index (χ1n) is 6.21. The van der Waals surface area contributed by atoms with E-state index in [9.17, 15) is 23.4 Å². The number of aromatic hydroxyl groups is 2. The van der Waals surface area contributed by atoms with Crippen LogP contribution in [0.5, 0.6) is 11.5 Å². The van der Waals surface area contributed by atoms with Crippen LogP contribution < -0.4 is 5.32 Å². The molecule has 1 aliphatic heterocycles. The van der Waals surface area contributed by atoms with Gasteiger partial charge in [-0.15, -0.1) is 0 Å². The minimum atomic E-state index is -4.66. The number of phenolic OH excluding ortho intramolecular Hbond substituents is 2. The van der Waals surface area contributed by atoms with E-state index in [2.05, 4.69) is 5.32 Å². The van der Waals surface area contributed by atoms with Crippen molar-refractivity contribution in [1.82, 2.24) is 5.32 Å². The first-order chi connectivity index (χ1) is 8.89. The van der Waals surface area contributed by atoms with E-state index in [1.165, 1.54) is 6.07 Å². The summed E-state index contributed by atoms with van der Waals surface area (Å²) in [5.41, 5.74) is -0.838. The summed E-state index contributed by atoms with van der Waals surface area (Å²) in [5, 5.41) is 22.4. The van der Waals surface area contributed by atoms with Crippen LogP contribution in [0.3, 0.4) is 0 Å². The summed E-state index contributed by atoms with van der Waals surface area (Å²) in [7, 11) is 0. The minimum Gasteiger partial charge on any atom is -0.504 e. The summed E-state index contributed by atoms with van der Waals surface area (Å²) >= 11 is 0. The van der Waals surface area contributed by atoms with Gasteiger partial charge in [-0.05, 0) is 49.9 Å². The minimum absolute atomic E-state index is 0.274. The van der Waals surface area contributed by atoms with Crippen LogP contribution in [-0.4, -0.2) is 23.3 Å². The van der Waals surface area contributed by atoms with E-state index in [-0.39, 0.29) is 5.92 Å². The average molecular weight is 275 g/mol. The van der Waals surface area contributed by atoms with Crippen molar-refractivity contribution >= 4 is 0 Å². The van der Waals surface area contributed by atoms with Gasteiger partial charge in [0.1, 0.15) is 5.56 Å². The Labute approximate surface area is 109 Å². The van der Waals surface area contributed by atoms with Crippen LogP contribution in [-0.2, 0) is 12.6 Å². The number of alkyl halides is 3. The van der Waals surface area contributed by atoms with Crippen molar-refractivity contribution in [3.63, 3.8) is 0 Å². The SMILES string of the molecule is Oc1c(CC2CCCNC2)ccc(C(F)(F)F)c1O. The Balaban J connectivity index is 2.21. The predicted octanol–water partition coefficient (Wildman–Crippen LogP) is 2.66. The molecule has 0 amide bonds. The van der Waals surface area contributed by atoms with Crippen molar-refractivity contribution in [3.8, 4) is 11.5 Å². The third-order valence-electron chi connectivity index (χ3n) is 3.45. The average Bonchev–Trinajstić information content (AvgIpc) is 2.35. The highest BCUT2D eigenvalue weighted by molar-refractivity contribution is 5.51. The van der Waals surface area contributed by atoms with Crippen LogP contribution in [0, 0.1) is 5.92 Å². The van der Waals surface area contributed by atoms with Gasteiger partial charge in [-0.3, -0.25) is 0 Å². The molecule has 0 aliphatic carbocycles. The molecule has 0 spiro atoms. The number of nitrogens with one attached hydrogen (secondary N) is 1. The molecule has 2 rings (SSSR count). The summed E-state index contributed by atoms with van der Waals surface area (Å²) in [6.07, 6.45) is -2.22. The molecule has 0 bridgehead atoms.